The lowest BCUT2D eigenvalue weighted by Gasteiger charge is -2.18. The lowest BCUT2D eigenvalue weighted by molar-refractivity contribution is -0.145. The summed E-state index contributed by atoms with van der Waals surface area (Å²) in [6.45, 7) is 8.94. The molecule has 65 heavy (non-hydrogen) atoms. The van der Waals surface area contributed by atoms with Gasteiger partial charge in [0.05, 0.1) is 103 Å². The molecule has 0 spiro atoms. The van der Waals surface area contributed by atoms with Crippen LogP contribution in [0.2, 0.25) is 0 Å². The fourth-order valence-corrected chi connectivity index (χ4v) is 6.54. The zero-order valence-corrected chi connectivity index (χ0v) is 40.6. The second-order valence-electron chi connectivity index (χ2n) is 15.8. The molecule has 0 aliphatic heterocycles. The molecule has 0 aliphatic rings. The smallest absolute Gasteiger partial charge is 0.309 e. The largest absolute Gasteiger partial charge is 0.463 e. The quantitative estimate of drug-likeness (QED) is 0.0232. The second kappa shape index (κ2) is 49.2. The van der Waals surface area contributed by atoms with Crippen molar-refractivity contribution in [3.05, 3.63) is 36.5 Å². The van der Waals surface area contributed by atoms with Gasteiger partial charge in [-0.3, -0.25) is 14.4 Å². The van der Waals surface area contributed by atoms with Crippen LogP contribution in [0.4, 0.5) is 0 Å². The fraction of sp³-hybridized carbons (Fsp3) is 0.820. The number of rotatable bonds is 49. The molecular weight excluding hydrogens is 841 g/mol. The Kier molecular flexibility index (Phi) is 47.1. The molecule has 0 heterocycles. The zero-order valence-electron chi connectivity index (χ0n) is 40.6. The van der Waals surface area contributed by atoms with Gasteiger partial charge in [0.1, 0.15) is 19.8 Å². The van der Waals surface area contributed by atoms with Crippen molar-refractivity contribution in [3.8, 4) is 0 Å². The van der Waals surface area contributed by atoms with E-state index in [2.05, 4.69) is 20.8 Å². The number of aliphatic hydroxyl groups is 3. The Balaban J connectivity index is 4.78. The van der Waals surface area contributed by atoms with Gasteiger partial charge in [0.2, 0.25) is 0 Å². The van der Waals surface area contributed by atoms with Gasteiger partial charge in [0.25, 0.3) is 0 Å². The number of hydrogen-bond donors (Lipinski definition) is 3. The van der Waals surface area contributed by atoms with Gasteiger partial charge in [0.15, 0.2) is 0 Å². The first-order valence-electron chi connectivity index (χ1n) is 24.7. The van der Waals surface area contributed by atoms with Crippen LogP contribution in [0.3, 0.4) is 0 Å². The maximum atomic E-state index is 12.4. The minimum atomic E-state index is -0.362. The van der Waals surface area contributed by atoms with Gasteiger partial charge < -0.3 is 58.0 Å². The maximum Gasteiger partial charge on any atom is 0.309 e. The molecule has 0 rings (SSSR count). The summed E-state index contributed by atoms with van der Waals surface area (Å²) in [6, 6.07) is 0. The molecule has 0 aliphatic carbocycles. The van der Waals surface area contributed by atoms with E-state index in [0.717, 1.165) is 77.0 Å². The third-order valence-electron chi connectivity index (χ3n) is 10.1. The van der Waals surface area contributed by atoms with Crippen molar-refractivity contribution in [3.63, 3.8) is 0 Å². The van der Waals surface area contributed by atoms with E-state index in [0.29, 0.717) is 65.1 Å². The molecule has 0 radical (unpaired) electrons. The van der Waals surface area contributed by atoms with E-state index >= 15 is 0 Å². The Morgan fingerprint density at radius 1 is 0.369 bits per heavy atom. The first-order chi connectivity index (χ1) is 31.8. The Morgan fingerprint density at radius 3 is 1.02 bits per heavy atom. The summed E-state index contributed by atoms with van der Waals surface area (Å²) in [5, 5.41) is 27.3. The van der Waals surface area contributed by atoms with E-state index in [1.807, 2.05) is 18.2 Å². The highest BCUT2D eigenvalue weighted by Crippen LogP contribution is 2.14. The second-order valence-corrected chi connectivity index (χ2v) is 15.8. The lowest BCUT2D eigenvalue weighted by Crippen LogP contribution is -2.22. The summed E-state index contributed by atoms with van der Waals surface area (Å²) in [5.74, 6) is -1.06. The maximum absolute atomic E-state index is 12.4. The fourth-order valence-electron chi connectivity index (χ4n) is 6.54. The number of esters is 3. The molecule has 0 fully saturated rings. The number of ether oxygens (including phenoxy) is 9. The Morgan fingerprint density at radius 2 is 0.692 bits per heavy atom. The molecule has 0 aromatic rings. The van der Waals surface area contributed by atoms with Crippen LogP contribution < -0.4 is 0 Å². The van der Waals surface area contributed by atoms with E-state index in [-0.39, 0.29) is 121 Å². The Bertz CT molecular complexity index is 1100. The van der Waals surface area contributed by atoms with Crippen molar-refractivity contribution in [2.24, 2.45) is 0 Å². The summed E-state index contributed by atoms with van der Waals surface area (Å²) >= 11 is 0. The van der Waals surface area contributed by atoms with Crippen LogP contribution in [-0.4, -0.2) is 150 Å². The number of aliphatic hydroxyl groups excluding tert-OH is 3. The van der Waals surface area contributed by atoms with Crippen LogP contribution in [0, 0.1) is 0 Å². The van der Waals surface area contributed by atoms with Crippen LogP contribution >= 0.6 is 0 Å². The zero-order chi connectivity index (χ0) is 47.7. The summed E-state index contributed by atoms with van der Waals surface area (Å²) in [5.41, 5.74) is 0. The Labute approximate surface area is 391 Å². The molecule has 0 saturated carbocycles. The minimum absolute atomic E-state index is 0.0100. The molecule has 15 heteroatoms. The van der Waals surface area contributed by atoms with Crippen LogP contribution in [0.15, 0.2) is 36.5 Å². The van der Waals surface area contributed by atoms with Gasteiger partial charge in [-0.15, -0.1) is 0 Å². The predicted octanol–water partition coefficient (Wildman–Crippen LogP) is 7.70. The lowest BCUT2D eigenvalue weighted by atomic mass is 10.1. The molecular formula is C50H90O15. The average molecular weight is 931 g/mol. The van der Waals surface area contributed by atoms with Crippen LogP contribution in [0.25, 0.3) is 0 Å². The van der Waals surface area contributed by atoms with Crippen LogP contribution in [0.1, 0.15) is 149 Å². The van der Waals surface area contributed by atoms with Crippen molar-refractivity contribution in [1.29, 1.82) is 0 Å². The Hall–Kier alpha value is -2.73. The highest BCUT2D eigenvalue weighted by atomic mass is 16.6. The predicted molar refractivity (Wildman–Crippen MR) is 252 cm³/mol. The monoisotopic (exact) mass is 931 g/mol. The molecule has 0 saturated heterocycles. The van der Waals surface area contributed by atoms with Gasteiger partial charge in [-0.25, -0.2) is 0 Å². The highest BCUT2D eigenvalue weighted by molar-refractivity contribution is 5.71. The van der Waals surface area contributed by atoms with Crippen LogP contribution in [-0.2, 0) is 57.0 Å². The van der Waals surface area contributed by atoms with E-state index in [9.17, 15) is 14.4 Å². The molecule has 3 atom stereocenters. The third-order valence-corrected chi connectivity index (χ3v) is 10.1. The summed E-state index contributed by atoms with van der Waals surface area (Å²) in [6.07, 6.45) is 27.1. The molecule has 3 unspecified atom stereocenters. The van der Waals surface area contributed by atoms with Gasteiger partial charge in [0, 0.05) is 13.2 Å². The van der Waals surface area contributed by atoms with E-state index in [1.54, 1.807) is 18.2 Å². The number of carbonyl (C=O) groups is 3. The molecule has 380 valence electrons. The third kappa shape index (κ3) is 43.6. The van der Waals surface area contributed by atoms with Gasteiger partial charge in [-0.05, 0) is 51.4 Å². The summed E-state index contributed by atoms with van der Waals surface area (Å²) in [4.78, 5) is 36.9. The summed E-state index contributed by atoms with van der Waals surface area (Å²) in [7, 11) is 0. The van der Waals surface area contributed by atoms with Crippen LogP contribution in [0.5, 0.6) is 0 Å². The van der Waals surface area contributed by atoms with Gasteiger partial charge >= 0.3 is 17.9 Å². The number of carbonyl (C=O) groups excluding carboxylic acids is 3. The first-order valence-corrected chi connectivity index (χ1v) is 24.7. The number of hydrogen-bond acceptors (Lipinski definition) is 15. The standard InChI is InChI=1S/C50H90O15/c1-4-7-10-19-44(59-35-30-51)22-13-16-25-48(54)63-40-38-57-33-28-47(62-42-43-65-50(56)27-18-15-24-46(61-37-32-53)21-12-9-6-3)29-34-58-39-41-64-49(55)26-17-14-23-45(60-36-31-52)20-11-8-5-2/h13-18,44-47,51-53H,4-12,19-43H2,1-3H3/b16-13+,17-14+,18-15+. The van der Waals surface area contributed by atoms with Crippen molar-refractivity contribution in [2.45, 2.75) is 174 Å². The first kappa shape index (κ1) is 62.3. The SMILES string of the molecule is CCCCCC(C/C=C/CC(=O)OCCOCCC(CCOCCOC(=O)C/C=C/CC(CCCCC)OCCO)OCCOC(=O)C/C=C/CC(CCCCC)OCCO)OCCO. The van der Waals surface area contributed by atoms with Crippen molar-refractivity contribution < 1.29 is 72.3 Å². The van der Waals surface area contributed by atoms with Crippen molar-refractivity contribution in [2.75, 3.05) is 92.5 Å². The minimum Gasteiger partial charge on any atom is -0.463 e. The number of unbranched alkanes of at least 4 members (excludes halogenated alkanes) is 6. The molecule has 0 bridgehead atoms. The van der Waals surface area contributed by atoms with E-state index in [4.69, 9.17) is 58.0 Å². The summed E-state index contributed by atoms with van der Waals surface area (Å²) < 4.78 is 50.7. The van der Waals surface area contributed by atoms with Gasteiger partial charge in [-0.1, -0.05) is 115 Å². The average Bonchev–Trinajstić information content (AvgIpc) is 3.30. The topological polar surface area (TPSA) is 195 Å². The van der Waals surface area contributed by atoms with E-state index < -0.39 is 0 Å². The normalized spacial score (nSPS) is 13.8. The van der Waals surface area contributed by atoms with Gasteiger partial charge in [-0.2, -0.15) is 0 Å². The molecule has 15 nitrogen and oxygen atoms in total. The molecule has 0 aromatic heterocycles. The highest BCUT2D eigenvalue weighted by Gasteiger charge is 2.13. The molecule has 3 N–H and O–H groups in total. The molecule has 0 amide bonds. The molecule has 0 aromatic carbocycles. The van der Waals surface area contributed by atoms with Crippen molar-refractivity contribution >= 4 is 17.9 Å². The van der Waals surface area contributed by atoms with E-state index in [1.165, 1.54) is 0 Å². The van der Waals surface area contributed by atoms with Crippen molar-refractivity contribution in [1.82, 2.24) is 0 Å².